The predicted molar refractivity (Wildman–Crippen MR) is 72.8 cm³/mol. The lowest BCUT2D eigenvalue weighted by Gasteiger charge is -2.25. The van der Waals surface area contributed by atoms with E-state index < -0.39 is 0 Å². The molecule has 0 aromatic heterocycles. The van der Waals surface area contributed by atoms with E-state index >= 15 is 0 Å². The Morgan fingerprint density at radius 1 is 1.24 bits per heavy atom. The van der Waals surface area contributed by atoms with E-state index in [2.05, 4.69) is 36.1 Å². The second-order valence-corrected chi connectivity index (χ2v) is 4.80. The molecule has 0 aliphatic heterocycles. The van der Waals surface area contributed by atoms with Gasteiger partial charge in [-0.25, -0.2) is 0 Å². The number of rotatable bonds is 4. The van der Waals surface area contributed by atoms with Crippen LogP contribution < -0.4 is 5.73 Å². The Balaban J connectivity index is 1.91. The van der Waals surface area contributed by atoms with Crippen LogP contribution in [-0.4, -0.2) is 6.54 Å². The summed E-state index contributed by atoms with van der Waals surface area (Å²) in [6.45, 7) is 0.777. The summed E-state index contributed by atoms with van der Waals surface area (Å²) in [4.78, 5) is 0. The van der Waals surface area contributed by atoms with Crippen molar-refractivity contribution in [2.45, 2.75) is 44.4 Å². The van der Waals surface area contributed by atoms with Crippen molar-refractivity contribution in [2.24, 2.45) is 5.73 Å². The number of nitrogens with two attached hydrogens (primary N) is 1. The molecule has 1 heteroatoms. The van der Waals surface area contributed by atoms with Gasteiger partial charge < -0.3 is 5.73 Å². The van der Waals surface area contributed by atoms with E-state index in [1.165, 1.54) is 30.4 Å². The van der Waals surface area contributed by atoms with Crippen LogP contribution in [0, 0.1) is 11.8 Å². The summed E-state index contributed by atoms with van der Waals surface area (Å²) in [6.07, 6.45) is 7.26. The Kier molecular flexibility index (Phi) is 4.64. The van der Waals surface area contributed by atoms with Crippen LogP contribution in [0.15, 0.2) is 24.3 Å². The first-order valence-electron chi connectivity index (χ1n) is 6.69. The van der Waals surface area contributed by atoms with Crippen molar-refractivity contribution in [1.29, 1.82) is 0 Å². The van der Waals surface area contributed by atoms with Gasteiger partial charge in [0, 0.05) is 12.0 Å². The van der Waals surface area contributed by atoms with Crippen molar-refractivity contribution in [3.8, 4) is 11.8 Å². The highest BCUT2D eigenvalue weighted by atomic mass is 14.5. The molecule has 2 rings (SSSR count). The zero-order valence-electron chi connectivity index (χ0n) is 10.4. The summed E-state index contributed by atoms with van der Waals surface area (Å²) in [6, 6.07) is 8.75. The molecule has 17 heavy (non-hydrogen) atoms. The Morgan fingerprint density at radius 2 is 2.12 bits per heavy atom. The zero-order valence-corrected chi connectivity index (χ0v) is 10.4. The molecule has 0 bridgehead atoms. The summed E-state index contributed by atoms with van der Waals surface area (Å²) < 4.78 is 0. The largest absolute Gasteiger partial charge is 0.330 e. The van der Waals surface area contributed by atoms with Crippen LogP contribution in [0.2, 0.25) is 0 Å². The lowest BCUT2D eigenvalue weighted by molar-refractivity contribution is 0.420. The summed E-state index contributed by atoms with van der Waals surface area (Å²) in [5.41, 5.74) is 8.09. The standard InChI is InChI=1S/C16H21N/c17-12-4-2-1-3-7-14-8-5-11-16(13-14)15-9-6-10-15/h5,8,11,13,15H,1-2,4,6,9-10,12,17H2. The third-order valence-electron chi connectivity index (χ3n) is 3.45. The van der Waals surface area contributed by atoms with Gasteiger partial charge in [-0.3, -0.25) is 0 Å². The molecule has 0 unspecified atom stereocenters. The van der Waals surface area contributed by atoms with Gasteiger partial charge in [0.15, 0.2) is 0 Å². The van der Waals surface area contributed by atoms with E-state index in [9.17, 15) is 0 Å². The van der Waals surface area contributed by atoms with Gasteiger partial charge in [0.2, 0.25) is 0 Å². The van der Waals surface area contributed by atoms with Crippen molar-refractivity contribution in [3.05, 3.63) is 35.4 Å². The quantitative estimate of drug-likeness (QED) is 0.619. The van der Waals surface area contributed by atoms with Gasteiger partial charge in [-0.2, -0.15) is 0 Å². The maximum Gasteiger partial charge on any atom is 0.0248 e. The Morgan fingerprint density at radius 3 is 2.82 bits per heavy atom. The van der Waals surface area contributed by atoms with Crippen molar-refractivity contribution < 1.29 is 0 Å². The Hall–Kier alpha value is -1.26. The monoisotopic (exact) mass is 227 g/mol. The van der Waals surface area contributed by atoms with Gasteiger partial charge in [-0.1, -0.05) is 30.4 Å². The summed E-state index contributed by atoms with van der Waals surface area (Å²) >= 11 is 0. The maximum atomic E-state index is 5.45. The second-order valence-electron chi connectivity index (χ2n) is 4.80. The average Bonchev–Trinajstić information content (AvgIpc) is 2.27. The van der Waals surface area contributed by atoms with E-state index in [0.29, 0.717) is 0 Å². The van der Waals surface area contributed by atoms with Crippen LogP contribution in [0.3, 0.4) is 0 Å². The molecule has 2 N–H and O–H groups in total. The molecule has 1 aromatic carbocycles. The zero-order chi connectivity index (χ0) is 11.9. The molecule has 0 atom stereocenters. The summed E-state index contributed by atoms with van der Waals surface area (Å²) in [5.74, 6) is 7.29. The minimum Gasteiger partial charge on any atom is -0.330 e. The highest BCUT2D eigenvalue weighted by Crippen LogP contribution is 2.36. The lowest BCUT2D eigenvalue weighted by atomic mass is 9.80. The molecule has 1 nitrogen and oxygen atoms in total. The molecule has 1 aliphatic rings. The molecule has 1 saturated carbocycles. The van der Waals surface area contributed by atoms with Gasteiger partial charge in [-0.05, 0) is 55.8 Å². The molecule has 0 spiro atoms. The molecular weight excluding hydrogens is 206 g/mol. The van der Waals surface area contributed by atoms with E-state index in [1.54, 1.807) is 0 Å². The average molecular weight is 227 g/mol. The van der Waals surface area contributed by atoms with Crippen molar-refractivity contribution in [1.82, 2.24) is 0 Å². The fraction of sp³-hybridized carbons (Fsp3) is 0.500. The van der Waals surface area contributed by atoms with Crippen LogP contribution in [-0.2, 0) is 0 Å². The van der Waals surface area contributed by atoms with E-state index in [4.69, 9.17) is 5.73 Å². The third kappa shape index (κ3) is 3.61. The second kappa shape index (κ2) is 6.47. The van der Waals surface area contributed by atoms with Gasteiger partial charge in [-0.15, -0.1) is 0 Å². The number of hydrogen-bond donors (Lipinski definition) is 1. The van der Waals surface area contributed by atoms with Crippen molar-refractivity contribution >= 4 is 0 Å². The molecule has 0 radical (unpaired) electrons. The molecule has 90 valence electrons. The Labute approximate surface area is 104 Å². The molecule has 0 heterocycles. The van der Waals surface area contributed by atoms with Gasteiger partial charge in [0.1, 0.15) is 0 Å². The van der Waals surface area contributed by atoms with Gasteiger partial charge in [0.05, 0.1) is 0 Å². The summed E-state index contributed by atoms with van der Waals surface area (Å²) in [7, 11) is 0. The smallest absolute Gasteiger partial charge is 0.0248 e. The molecule has 1 aromatic rings. The van der Waals surface area contributed by atoms with Crippen LogP contribution in [0.4, 0.5) is 0 Å². The van der Waals surface area contributed by atoms with Gasteiger partial charge in [0.25, 0.3) is 0 Å². The summed E-state index contributed by atoms with van der Waals surface area (Å²) in [5, 5.41) is 0. The first-order valence-corrected chi connectivity index (χ1v) is 6.69. The van der Waals surface area contributed by atoms with Crippen molar-refractivity contribution in [2.75, 3.05) is 6.54 Å². The van der Waals surface area contributed by atoms with E-state index in [1.807, 2.05) is 0 Å². The van der Waals surface area contributed by atoms with E-state index in [0.717, 1.165) is 31.7 Å². The number of benzene rings is 1. The normalized spacial score (nSPS) is 14.9. The lowest BCUT2D eigenvalue weighted by Crippen LogP contribution is -2.08. The molecule has 1 fully saturated rings. The van der Waals surface area contributed by atoms with Crippen molar-refractivity contribution in [3.63, 3.8) is 0 Å². The predicted octanol–water partition coefficient (Wildman–Crippen LogP) is 3.43. The fourth-order valence-corrected chi connectivity index (χ4v) is 2.13. The fourth-order valence-electron chi connectivity index (χ4n) is 2.13. The molecule has 0 amide bonds. The molecular formula is C16H21N. The topological polar surface area (TPSA) is 26.0 Å². The molecule has 1 aliphatic carbocycles. The van der Waals surface area contributed by atoms with Crippen LogP contribution in [0.25, 0.3) is 0 Å². The highest BCUT2D eigenvalue weighted by molar-refractivity contribution is 5.38. The number of unbranched alkanes of at least 4 members (excludes halogenated alkanes) is 2. The van der Waals surface area contributed by atoms with Crippen LogP contribution in [0.5, 0.6) is 0 Å². The Bertz CT molecular complexity index is 407. The SMILES string of the molecule is NCCCCC#Cc1cccc(C2CCC2)c1. The first kappa shape index (κ1) is 12.2. The maximum absolute atomic E-state index is 5.45. The van der Waals surface area contributed by atoms with E-state index in [-0.39, 0.29) is 0 Å². The van der Waals surface area contributed by atoms with Gasteiger partial charge >= 0.3 is 0 Å². The van der Waals surface area contributed by atoms with Crippen LogP contribution in [0.1, 0.15) is 55.6 Å². The number of hydrogen-bond acceptors (Lipinski definition) is 1. The minimum atomic E-state index is 0.777. The minimum absolute atomic E-state index is 0.777. The highest BCUT2D eigenvalue weighted by Gasteiger charge is 2.18. The van der Waals surface area contributed by atoms with Crippen LogP contribution >= 0.6 is 0 Å². The third-order valence-corrected chi connectivity index (χ3v) is 3.45. The molecule has 0 saturated heterocycles. The first-order chi connectivity index (χ1) is 8.40.